The highest BCUT2D eigenvalue weighted by Crippen LogP contribution is 2.33. The second kappa shape index (κ2) is 11.8. The molecule has 4 rings (SSSR count). The summed E-state index contributed by atoms with van der Waals surface area (Å²) in [6, 6.07) is 13.7. The number of aliphatic hydroxyl groups is 1. The van der Waals surface area contributed by atoms with Gasteiger partial charge in [-0.25, -0.2) is 8.78 Å². The topological polar surface area (TPSA) is 70.6 Å². The number of aryl methyl sites for hydroxylation is 1. The molecule has 0 saturated carbocycles. The van der Waals surface area contributed by atoms with Crippen LogP contribution >= 0.6 is 11.6 Å². The van der Waals surface area contributed by atoms with Crippen LogP contribution in [0.3, 0.4) is 0 Å². The van der Waals surface area contributed by atoms with Gasteiger partial charge >= 0.3 is 0 Å². The molecule has 1 aliphatic heterocycles. The normalized spacial score (nSPS) is 14.1. The molecule has 3 aromatic rings. The average Bonchev–Trinajstić information content (AvgIpc) is 3.31. The molecule has 0 radical (unpaired) electrons. The lowest BCUT2D eigenvalue weighted by Crippen LogP contribution is -2.48. The van der Waals surface area contributed by atoms with Crippen molar-refractivity contribution in [3.05, 3.63) is 99.1 Å². The maximum atomic E-state index is 13.8. The Morgan fingerprint density at radius 2 is 1.83 bits per heavy atom. The molecule has 36 heavy (non-hydrogen) atoms. The first kappa shape index (κ1) is 26.1. The fraction of sp³-hybridized carbons (Fsp3) is 0.321. The van der Waals surface area contributed by atoms with Crippen molar-refractivity contribution in [2.24, 2.45) is 0 Å². The monoisotopic (exact) mass is 514 g/mol. The summed E-state index contributed by atoms with van der Waals surface area (Å²) in [5.41, 5.74) is 3.71. The van der Waals surface area contributed by atoms with Crippen molar-refractivity contribution in [2.45, 2.75) is 44.9 Å². The predicted octanol–water partition coefficient (Wildman–Crippen LogP) is 4.61. The van der Waals surface area contributed by atoms with Gasteiger partial charge in [-0.2, -0.15) is 0 Å². The number of rotatable bonds is 10. The number of halogens is 3. The quantitative estimate of drug-likeness (QED) is 0.369. The smallest absolute Gasteiger partial charge is 0.255 e. The zero-order valence-corrected chi connectivity index (χ0v) is 20.7. The highest BCUT2D eigenvalue weighted by atomic mass is 35.5. The molecule has 1 aliphatic rings. The van der Waals surface area contributed by atoms with E-state index in [0.29, 0.717) is 35.9 Å². The number of ether oxygens (including phenoxy) is 1. The zero-order chi connectivity index (χ0) is 25.7. The Kier molecular flexibility index (Phi) is 8.56. The van der Waals surface area contributed by atoms with Gasteiger partial charge in [-0.15, -0.1) is 0 Å². The average molecular weight is 515 g/mol. The fourth-order valence-electron chi connectivity index (χ4n) is 4.42. The minimum atomic E-state index is -1.04. The summed E-state index contributed by atoms with van der Waals surface area (Å²) >= 11 is 6.21. The van der Waals surface area contributed by atoms with E-state index in [9.17, 15) is 18.7 Å². The highest BCUT2D eigenvalue weighted by molar-refractivity contribution is 6.31. The summed E-state index contributed by atoms with van der Waals surface area (Å²) in [5, 5.41) is 17.5. The molecule has 3 aromatic carbocycles. The van der Waals surface area contributed by atoms with Crippen molar-refractivity contribution in [3.8, 4) is 5.75 Å². The van der Waals surface area contributed by atoms with Crippen LogP contribution in [0, 0.1) is 11.6 Å². The first-order valence-corrected chi connectivity index (χ1v) is 12.4. The molecular weight excluding hydrogens is 486 g/mol. The summed E-state index contributed by atoms with van der Waals surface area (Å²) < 4.78 is 33.3. The number of nitrogens with one attached hydrogen (secondary N) is 2. The number of hydrogen-bond acceptors (Lipinski definition) is 4. The Balaban J connectivity index is 1.50. The van der Waals surface area contributed by atoms with Crippen LogP contribution < -0.4 is 15.4 Å². The van der Waals surface area contributed by atoms with E-state index < -0.39 is 29.7 Å². The molecule has 1 amide bonds. The van der Waals surface area contributed by atoms with Gasteiger partial charge < -0.3 is 20.5 Å². The van der Waals surface area contributed by atoms with Crippen LogP contribution in [0.1, 0.15) is 39.5 Å². The van der Waals surface area contributed by atoms with Crippen molar-refractivity contribution in [1.82, 2.24) is 10.6 Å². The lowest BCUT2D eigenvalue weighted by atomic mass is 9.99. The second-order valence-electron chi connectivity index (χ2n) is 8.97. The molecule has 0 spiro atoms. The lowest BCUT2D eigenvalue weighted by molar-refractivity contribution is 0.0827. The van der Waals surface area contributed by atoms with E-state index in [1.807, 2.05) is 12.1 Å². The molecule has 8 heteroatoms. The maximum Gasteiger partial charge on any atom is 0.255 e. The zero-order valence-electron chi connectivity index (χ0n) is 20.0. The molecule has 0 bridgehead atoms. The van der Waals surface area contributed by atoms with Crippen molar-refractivity contribution in [1.29, 1.82) is 0 Å². The van der Waals surface area contributed by atoms with Crippen LogP contribution in [-0.2, 0) is 25.8 Å². The molecule has 0 aliphatic carbocycles. The highest BCUT2D eigenvalue weighted by Gasteiger charge is 2.27. The Morgan fingerprint density at radius 1 is 1.08 bits per heavy atom. The van der Waals surface area contributed by atoms with Gasteiger partial charge in [0.05, 0.1) is 24.3 Å². The molecule has 2 atom stereocenters. The number of fused-ring (bicyclic) bond motifs is 1. The Labute approximate surface area is 214 Å². The number of benzene rings is 3. The molecule has 5 nitrogen and oxygen atoms in total. The van der Waals surface area contributed by atoms with Gasteiger partial charge in [-0.1, -0.05) is 42.8 Å². The van der Waals surface area contributed by atoms with Gasteiger partial charge in [-0.3, -0.25) is 4.79 Å². The number of hydrogen-bond donors (Lipinski definition) is 3. The molecule has 0 fully saturated rings. The van der Waals surface area contributed by atoms with Crippen molar-refractivity contribution in [2.75, 3.05) is 13.2 Å². The fourth-order valence-corrected chi connectivity index (χ4v) is 4.66. The second-order valence-corrected chi connectivity index (χ2v) is 9.41. The van der Waals surface area contributed by atoms with E-state index in [1.165, 1.54) is 23.8 Å². The summed E-state index contributed by atoms with van der Waals surface area (Å²) in [4.78, 5) is 13.2. The molecular formula is C28H29ClF2N2O3. The largest absolute Gasteiger partial charge is 0.492 e. The third kappa shape index (κ3) is 6.60. The van der Waals surface area contributed by atoms with Crippen LogP contribution in [0.4, 0.5) is 8.78 Å². The SMILES string of the molecule is CCc1cccc(CNC[C@@H](O)[C@H](Cc2cc(F)cc(F)c2)NC(=O)c2cc(Cl)cc3c2OCC3)c1. The molecule has 190 valence electrons. The number of amides is 1. The molecule has 3 N–H and O–H groups in total. The van der Waals surface area contributed by atoms with Crippen LogP contribution in [0.2, 0.25) is 5.02 Å². The van der Waals surface area contributed by atoms with Crippen molar-refractivity contribution >= 4 is 17.5 Å². The predicted molar refractivity (Wildman–Crippen MR) is 136 cm³/mol. The number of carbonyl (C=O) groups is 1. The van der Waals surface area contributed by atoms with Gasteiger partial charge in [0.15, 0.2) is 0 Å². The van der Waals surface area contributed by atoms with Gasteiger partial charge in [0.2, 0.25) is 0 Å². The van der Waals surface area contributed by atoms with Crippen molar-refractivity contribution < 1.29 is 23.4 Å². The van der Waals surface area contributed by atoms with Gasteiger partial charge in [0, 0.05) is 30.6 Å². The summed E-state index contributed by atoms with van der Waals surface area (Å²) in [7, 11) is 0. The first-order valence-electron chi connectivity index (χ1n) is 12.0. The van der Waals surface area contributed by atoms with Gasteiger partial charge in [0.25, 0.3) is 5.91 Å². The number of carbonyl (C=O) groups excluding carboxylic acids is 1. The molecule has 0 aromatic heterocycles. The van der Waals surface area contributed by atoms with Crippen LogP contribution in [0.5, 0.6) is 5.75 Å². The summed E-state index contributed by atoms with van der Waals surface area (Å²) in [5.74, 6) is -1.46. The number of aliphatic hydroxyl groups excluding tert-OH is 1. The first-order chi connectivity index (χ1) is 17.3. The Morgan fingerprint density at radius 3 is 2.58 bits per heavy atom. The summed E-state index contributed by atoms with van der Waals surface area (Å²) in [6.07, 6.45) is 0.556. The van der Waals surface area contributed by atoms with Crippen LogP contribution in [0.15, 0.2) is 54.6 Å². The standard InChI is InChI=1S/C28H29ClF2N2O3/c1-2-17-4-3-5-18(8-17)15-32-16-26(34)25(11-19-9-22(30)14-23(31)10-19)33-28(35)24-13-21(29)12-20-6-7-36-27(20)24/h3-5,8-10,12-14,25-26,32,34H,2,6-7,11,15-16H2,1H3,(H,33,35)/t25-,26+/m0/s1. The van der Waals surface area contributed by atoms with E-state index in [-0.39, 0.29) is 18.5 Å². The minimum Gasteiger partial charge on any atom is -0.492 e. The summed E-state index contributed by atoms with van der Waals surface area (Å²) in [6.45, 7) is 3.21. The van der Waals surface area contributed by atoms with Gasteiger partial charge in [0.1, 0.15) is 17.4 Å². The molecule has 1 heterocycles. The molecule has 0 unspecified atom stereocenters. The van der Waals surface area contributed by atoms with Crippen LogP contribution in [0.25, 0.3) is 0 Å². The third-order valence-electron chi connectivity index (χ3n) is 6.23. The van der Waals surface area contributed by atoms with E-state index in [1.54, 1.807) is 6.07 Å². The van der Waals surface area contributed by atoms with E-state index in [0.717, 1.165) is 23.6 Å². The minimum absolute atomic E-state index is 0.0260. The Hall–Kier alpha value is -3.00. The van der Waals surface area contributed by atoms with E-state index in [2.05, 4.69) is 29.7 Å². The Bertz CT molecular complexity index is 1220. The van der Waals surface area contributed by atoms with Crippen molar-refractivity contribution in [3.63, 3.8) is 0 Å². The van der Waals surface area contributed by atoms with E-state index in [4.69, 9.17) is 16.3 Å². The van der Waals surface area contributed by atoms with E-state index >= 15 is 0 Å². The lowest BCUT2D eigenvalue weighted by Gasteiger charge is -2.25. The van der Waals surface area contributed by atoms with Gasteiger partial charge in [-0.05, 0) is 59.4 Å². The third-order valence-corrected chi connectivity index (χ3v) is 6.45. The molecule has 0 saturated heterocycles. The maximum absolute atomic E-state index is 13.8. The van der Waals surface area contributed by atoms with Crippen LogP contribution in [-0.4, -0.2) is 36.3 Å².